The molecule has 2 heterocycles. The van der Waals surface area contributed by atoms with Crippen LogP contribution in [-0.2, 0) is 0 Å². The number of halogens is 3. The molecule has 5 nitrogen and oxygen atoms in total. The predicted molar refractivity (Wildman–Crippen MR) is 86.4 cm³/mol. The van der Waals surface area contributed by atoms with Crippen LogP contribution in [0.2, 0.25) is 15.2 Å². The van der Waals surface area contributed by atoms with E-state index in [0.29, 0.717) is 5.71 Å². The van der Waals surface area contributed by atoms with Gasteiger partial charge in [-0.25, -0.2) is 9.78 Å². The van der Waals surface area contributed by atoms with Crippen molar-refractivity contribution >= 4 is 63.5 Å². The molecule has 0 atom stereocenters. The van der Waals surface area contributed by atoms with E-state index in [1.54, 1.807) is 6.92 Å². The van der Waals surface area contributed by atoms with E-state index in [1.807, 2.05) is 17.5 Å². The number of thiophene rings is 1. The lowest BCUT2D eigenvalue weighted by atomic mass is 10.3. The van der Waals surface area contributed by atoms with Gasteiger partial charge in [0.1, 0.15) is 10.0 Å². The summed E-state index contributed by atoms with van der Waals surface area (Å²) in [5, 5.41) is 14.8. The molecular formula is C12H8Cl3N3O2S. The Morgan fingerprint density at radius 3 is 2.67 bits per heavy atom. The topological polar surface area (TPSA) is 74.6 Å². The summed E-state index contributed by atoms with van der Waals surface area (Å²) < 4.78 is 0. The van der Waals surface area contributed by atoms with E-state index in [-0.39, 0.29) is 20.9 Å². The van der Waals surface area contributed by atoms with Gasteiger partial charge in [0.25, 0.3) is 0 Å². The van der Waals surface area contributed by atoms with Crippen molar-refractivity contribution in [3.63, 3.8) is 0 Å². The third kappa shape index (κ3) is 3.47. The lowest BCUT2D eigenvalue weighted by molar-refractivity contribution is 0.0691. The van der Waals surface area contributed by atoms with E-state index in [1.165, 1.54) is 11.3 Å². The van der Waals surface area contributed by atoms with Gasteiger partial charge < -0.3 is 5.11 Å². The van der Waals surface area contributed by atoms with E-state index in [9.17, 15) is 4.79 Å². The summed E-state index contributed by atoms with van der Waals surface area (Å²) in [5.41, 5.74) is 3.06. The molecule has 0 aromatic carbocycles. The highest BCUT2D eigenvalue weighted by Gasteiger charge is 2.20. The summed E-state index contributed by atoms with van der Waals surface area (Å²) in [6.45, 7) is 1.79. The molecule has 0 bridgehead atoms. The van der Waals surface area contributed by atoms with Crippen LogP contribution in [0, 0.1) is 0 Å². The zero-order chi connectivity index (χ0) is 15.6. The molecule has 0 aliphatic heterocycles. The average Bonchev–Trinajstić information content (AvgIpc) is 2.96. The highest BCUT2D eigenvalue weighted by atomic mass is 35.5. The van der Waals surface area contributed by atoms with Crippen LogP contribution in [0.25, 0.3) is 0 Å². The molecule has 21 heavy (non-hydrogen) atoms. The molecule has 0 aliphatic carbocycles. The Morgan fingerprint density at radius 1 is 1.38 bits per heavy atom. The zero-order valence-electron chi connectivity index (χ0n) is 10.5. The Hall–Kier alpha value is -1.34. The Balaban J connectivity index is 2.40. The number of hydrazone groups is 1. The van der Waals surface area contributed by atoms with Crippen LogP contribution in [0.1, 0.15) is 22.3 Å². The second-order valence-corrected chi connectivity index (χ2v) is 5.91. The normalized spacial score (nSPS) is 11.5. The monoisotopic (exact) mass is 363 g/mol. The van der Waals surface area contributed by atoms with Crippen molar-refractivity contribution in [3.05, 3.63) is 43.3 Å². The van der Waals surface area contributed by atoms with Crippen molar-refractivity contribution in [1.29, 1.82) is 0 Å². The van der Waals surface area contributed by atoms with E-state index >= 15 is 0 Å². The third-order valence-electron chi connectivity index (χ3n) is 2.45. The van der Waals surface area contributed by atoms with E-state index in [4.69, 9.17) is 39.9 Å². The Morgan fingerprint density at radius 2 is 2.10 bits per heavy atom. The van der Waals surface area contributed by atoms with Crippen molar-refractivity contribution in [2.45, 2.75) is 6.92 Å². The number of anilines is 1. The van der Waals surface area contributed by atoms with Crippen LogP contribution in [0.5, 0.6) is 0 Å². The van der Waals surface area contributed by atoms with Gasteiger partial charge in [-0.15, -0.1) is 11.3 Å². The number of carboxylic acids is 1. The molecule has 0 aliphatic rings. The SMILES string of the molecule is C/C(=N/Nc1c(Cl)c(Cl)nc(C(=O)O)c1Cl)c1cccs1. The van der Waals surface area contributed by atoms with Crippen LogP contribution >= 0.6 is 46.1 Å². The number of hydrogen-bond donors (Lipinski definition) is 2. The molecule has 2 N–H and O–H groups in total. The molecular weight excluding hydrogens is 357 g/mol. The fourth-order valence-electron chi connectivity index (χ4n) is 1.43. The van der Waals surface area contributed by atoms with Crippen molar-refractivity contribution < 1.29 is 9.90 Å². The quantitative estimate of drug-likeness (QED) is 0.471. The van der Waals surface area contributed by atoms with Crippen molar-refractivity contribution in [1.82, 2.24) is 4.98 Å². The van der Waals surface area contributed by atoms with E-state index in [2.05, 4.69) is 15.5 Å². The number of carbonyl (C=O) groups is 1. The Kier molecular flexibility index (Phi) is 5.05. The summed E-state index contributed by atoms with van der Waals surface area (Å²) >= 11 is 19.3. The van der Waals surface area contributed by atoms with Gasteiger partial charge in [0.15, 0.2) is 10.8 Å². The van der Waals surface area contributed by atoms with Crippen LogP contribution in [0.3, 0.4) is 0 Å². The molecule has 2 aromatic rings. The minimum absolute atomic E-state index is 0.00870. The number of nitrogens with zero attached hydrogens (tertiary/aromatic N) is 2. The van der Waals surface area contributed by atoms with Gasteiger partial charge >= 0.3 is 5.97 Å². The standard InChI is InChI=1S/C12H8Cl3N3O2S/c1-5(6-3-2-4-21-6)17-18-9-7(13)10(12(19)20)16-11(15)8(9)14/h2-4H,1H3,(H,16,18)(H,19,20)/b17-5-. The van der Waals surface area contributed by atoms with Gasteiger partial charge in [0.05, 0.1) is 11.4 Å². The third-order valence-corrected chi connectivity index (χ3v) is 4.54. The predicted octanol–water partition coefficient (Wildman–Crippen LogP) is 4.64. The first-order valence-electron chi connectivity index (χ1n) is 5.53. The van der Waals surface area contributed by atoms with Crippen LogP contribution in [-0.4, -0.2) is 21.8 Å². The molecule has 2 aromatic heterocycles. The van der Waals surface area contributed by atoms with E-state index in [0.717, 1.165) is 4.88 Å². The number of hydrogen-bond acceptors (Lipinski definition) is 5. The Bertz CT molecular complexity index is 717. The summed E-state index contributed by atoms with van der Waals surface area (Å²) in [4.78, 5) is 15.6. The number of pyridine rings is 1. The molecule has 0 spiro atoms. The zero-order valence-corrected chi connectivity index (χ0v) is 13.6. The highest BCUT2D eigenvalue weighted by molar-refractivity contribution is 7.12. The van der Waals surface area contributed by atoms with Crippen molar-refractivity contribution in [2.75, 3.05) is 5.43 Å². The lowest BCUT2D eigenvalue weighted by Crippen LogP contribution is -2.06. The van der Waals surface area contributed by atoms with E-state index < -0.39 is 11.7 Å². The van der Waals surface area contributed by atoms with Gasteiger partial charge in [-0.05, 0) is 18.4 Å². The lowest BCUT2D eigenvalue weighted by Gasteiger charge is -2.10. The van der Waals surface area contributed by atoms with Gasteiger partial charge in [-0.3, -0.25) is 5.43 Å². The molecule has 9 heteroatoms. The molecule has 110 valence electrons. The number of carboxylic acid groups (broad SMARTS) is 1. The maximum Gasteiger partial charge on any atom is 0.356 e. The molecule has 0 saturated carbocycles. The first-order chi connectivity index (χ1) is 9.91. The van der Waals surface area contributed by atoms with Gasteiger partial charge in [-0.2, -0.15) is 5.10 Å². The first-order valence-corrected chi connectivity index (χ1v) is 7.55. The summed E-state index contributed by atoms with van der Waals surface area (Å²) in [6, 6.07) is 3.79. The highest BCUT2D eigenvalue weighted by Crippen LogP contribution is 2.36. The molecule has 0 saturated heterocycles. The second kappa shape index (κ2) is 6.62. The molecule has 0 amide bonds. The molecule has 0 unspecified atom stereocenters. The fourth-order valence-corrected chi connectivity index (χ4v) is 2.78. The largest absolute Gasteiger partial charge is 0.476 e. The number of nitrogens with one attached hydrogen (secondary N) is 1. The average molecular weight is 365 g/mol. The first kappa shape index (κ1) is 16.0. The number of rotatable bonds is 4. The maximum atomic E-state index is 11.1. The van der Waals surface area contributed by atoms with Crippen LogP contribution in [0.4, 0.5) is 5.69 Å². The summed E-state index contributed by atoms with van der Waals surface area (Å²) in [7, 11) is 0. The maximum absolute atomic E-state index is 11.1. The van der Waals surface area contributed by atoms with Crippen molar-refractivity contribution in [2.24, 2.45) is 5.10 Å². The number of aromatic carboxylic acids is 1. The minimum atomic E-state index is -1.31. The number of aromatic nitrogens is 1. The second-order valence-electron chi connectivity index (χ2n) is 3.85. The smallest absolute Gasteiger partial charge is 0.356 e. The van der Waals surface area contributed by atoms with Crippen LogP contribution in [0.15, 0.2) is 22.6 Å². The van der Waals surface area contributed by atoms with Crippen molar-refractivity contribution in [3.8, 4) is 0 Å². The summed E-state index contributed by atoms with van der Waals surface area (Å²) in [6.07, 6.45) is 0. The van der Waals surface area contributed by atoms with Gasteiger partial charge in [0, 0.05) is 4.88 Å². The fraction of sp³-hybridized carbons (Fsp3) is 0.0833. The van der Waals surface area contributed by atoms with Crippen LogP contribution < -0.4 is 5.43 Å². The van der Waals surface area contributed by atoms with Gasteiger partial charge in [0.2, 0.25) is 0 Å². The summed E-state index contributed by atoms with van der Waals surface area (Å²) in [5.74, 6) is -1.31. The molecule has 0 radical (unpaired) electrons. The molecule has 0 fully saturated rings. The minimum Gasteiger partial charge on any atom is -0.476 e. The van der Waals surface area contributed by atoms with Gasteiger partial charge in [-0.1, -0.05) is 40.9 Å². The Labute approximate surface area is 139 Å². The molecule has 2 rings (SSSR count).